The predicted molar refractivity (Wildman–Crippen MR) is 106 cm³/mol. The van der Waals surface area contributed by atoms with Gasteiger partial charge in [0.2, 0.25) is 0 Å². The molecule has 0 aliphatic rings. The molecule has 1 atom stereocenters. The molecule has 2 aromatic carbocycles. The number of para-hydroxylation sites is 1. The van der Waals surface area contributed by atoms with E-state index in [1.807, 2.05) is 50.2 Å². The Hall–Kier alpha value is -3.61. The van der Waals surface area contributed by atoms with Crippen molar-refractivity contribution in [2.24, 2.45) is 0 Å². The van der Waals surface area contributed by atoms with Crippen molar-refractivity contribution in [1.29, 1.82) is 0 Å². The van der Waals surface area contributed by atoms with Crippen molar-refractivity contribution in [2.75, 3.05) is 5.32 Å². The first-order valence-electron chi connectivity index (χ1n) is 8.95. The van der Waals surface area contributed by atoms with Crippen molar-refractivity contribution in [1.82, 2.24) is 15.5 Å². The SMILES string of the molecule is Cc1cc(C[C@@H](C)NC(=O)C(=O)Nc2cccc(Oc3ccccc3)c2)n[nH]1. The van der Waals surface area contributed by atoms with Crippen LogP contribution in [0.3, 0.4) is 0 Å². The fraction of sp³-hybridized carbons (Fsp3) is 0.190. The van der Waals surface area contributed by atoms with Gasteiger partial charge in [0.25, 0.3) is 0 Å². The van der Waals surface area contributed by atoms with Crippen LogP contribution in [0.15, 0.2) is 60.7 Å². The fourth-order valence-electron chi connectivity index (χ4n) is 2.68. The van der Waals surface area contributed by atoms with Gasteiger partial charge in [0.1, 0.15) is 11.5 Å². The Balaban J connectivity index is 1.54. The highest BCUT2D eigenvalue weighted by Crippen LogP contribution is 2.23. The number of anilines is 1. The Kier molecular flexibility index (Phi) is 6.06. The van der Waals surface area contributed by atoms with Crippen LogP contribution in [-0.2, 0) is 16.0 Å². The molecule has 2 amide bonds. The van der Waals surface area contributed by atoms with Gasteiger partial charge in [0.15, 0.2) is 0 Å². The molecule has 7 heteroatoms. The van der Waals surface area contributed by atoms with Gasteiger partial charge in [-0.1, -0.05) is 24.3 Å². The number of carbonyl (C=O) groups excluding carboxylic acids is 2. The number of nitrogens with one attached hydrogen (secondary N) is 3. The predicted octanol–water partition coefficient (Wildman–Crippen LogP) is 3.20. The average molecular weight is 378 g/mol. The summed E-state index contributed by atoms with van der Waals surface area (Å²) in [6, 6.07) is 17.9. The summed E-state index contributed by atoms with van der Waals surface area (Å²) < 4.78 is 5.73. The van der Waals surface area contributed by atoms with Crippen molar-refractivity contribution in [3.05, 3.63) is 72.1 Å². The topological polar surface area (TPSA) is 96.1 Å². The Morgan fingerprint density at radius 3 is 2.50 bits per heavy atom. The van der Waals surface area contributed by atoms with Crippen molar-refractivity contribution in [3.8, 4) is 11.5 Å². The number of amides is 2. The van der Waals surface area contributed by atoms with Gasteiger partial charge in [0.05, 0.1) is 5.69 Å². The summed E-state index contributed by atoms with van der Waals surface area (Å²) in [6.07, 6.45) is 0.532. The van der Waals surface area contributed by atoms with Crippen LogP contribution in [0.5, 0.6) is 11.5 Å². The van der Waals surface area contributed by atoms with E-state index in [2.05, 4.69) is 20.8 Å². The summed E-state index contributed by atoms with van der Waals surface area (Å²) in [5, 5.41) is 12.2. The lowest BCUT2D eigenvalue weighted by Crippen LogP contribution is -2.41. The zero-order valence-electron chi connectivity index (χ0n) is 15.7. The normalized spacial score (nSPS) is 11.5. The van der Waals surface area contributed by atoms with Gasteiger partial charge < -0.3 is 15.4 Å². The largest absolute Gasteiger partial charge is 0.457 e. The molecule has 7 nitrogen and oxygen atoms in total. The number of aromatic amines is 1. The number of hydrogen-bond acceptors (Lipinski definition) is 4. The third-order valence-corrected chi connectivity index (χ3v) is 3.93. The molecule has 0 spiro atoms. The van der Waals surface area contributed by atoms with Gasteiger partial charge in [-0.3, -0.25) is 14.7 Å². The molecule has 0 bridgehead atoms. The van der Waals surface area contributed by atoms with Crippen molar-refractivity contribution in [2.45, 2.75) is 26.3 Å². The van der Waals surface area contributed by atoms with Crippen LogP contribution in [0.2, 0.25) is 0 Å². The number of H-pyrrole nitrogens is 1. The molecule has 3 N–H and O–H groups in total. The molecule has 3 rings (SSSR count). The van der Waals surface area contributed by atoms with Crippen molar-refractivity contribution in [3.63, 3.8) is 0 Å². The van der Waals surface area contributed by atoms with E-state index in [4.69, 9.17) is 4.74 Å². The van der Waals surface area contributed by atoms with Crippen LogP contribution in [0.25, 0.3) is 0 Å². The molecule has 1 aromatic heterocycles. The summed E-state index contributed by atoms with van der Waals surface area (Å²) in [6.45, 7) is 3.73. The second kappa shape index (κ2) is 8.85. The summed E-state index contributed by atoms with van der Waals surface area (Å²) in [5.74, 6) is -0.186. The zero-order chi connectivity index (χ0) is 19.9. The van der Waals surface area contributed by atoms with E-state index in [0.717, 1.165) is 11.4 Å². The number of rotatable bonds is 6. The number of carbonyl (C=O) groups is 2. The standard InChI is InChI=1S/C21H22N4O3/c1-14(11-17-12-15(2)24-25-17)22-20(26)21(27)23-16-7-6-10-19(13-16)28-18-8-4-3-5-9-18/h3-10,12-14H,11H2,1-2H3,(H,22,26)(H,23,27)(H,24,25)/t14-/m1/s1. The monoisotopic (exact) mass is 378 g/mol. The first kappa shape index (κ1) is 19.2. The minimum atomic E-state index is -0.734. The number of ether oxygens (including phenoxy) is 1. The zero-order valence-corrected chi connectivity index (χ0v) is 15.7. The van der Waals surface area contributed by atoms with E-state index in [0.29, 0.717) is 23.6 Å². The van der Waals surface area contributed by atoms with Crippen LogP contribution in [-0.4, -0.2) is 28.1 Å². The molecule has 0 aliphatic carbocycles. The molecule has 0 saturated heterocycles. The van der Waals surface area contributed by atoms with Crippen LogP contribution in [0.1, 0.15) is 18.3 Å². The Bertz CT molecular complexity index is 953. The lowest BCUT2D eigenvalue weighted by molar-refractivity contribution is -0.136. The highest BCUT2D eigenvalue weighted by Gasteiger charge is 2.17. The van der Waals surface area contributed by atoms with E-state index in [1.54, 1.807) is 24.3 Å². The first-order chi connectivity index (χ1) is 13.5. The summed E-state index contributed by atoms with van der Waals surface area (Å²) in [7, 11) is 0. The lowest BCUT2D eigenvalue weighted by Gasteiger charge is -2.13. The molecule has 1 heterocycles. The van der Waals surface area contributed by atoms with E-state index in [1.165, 1.54) is 0 Å². The van der Waals surface area contributed by atoms with Gasteiger partial charge in [0, 0.05) is 29.9 Å². The van der Waals surface area contributed by atoms with E-state index in [9.17, 15) is 9.59 Å². The molecule has 144 valence electrons. The summed E-state index contributed by atoms with van der Waals surface area (Å²) in [5.41, 5.74) is 2.25. The van der Waals surface area contributed by atoms with E-state index >= 15 is 0 Å². The molecule has 28 heavy (non-hydrogen) atoms. The fourth-order valence-corrected chi connectivity index (χ4v) is 2.68. The number of aryl methyl sites for hydroxylation is 1. The summed E-state index contributed by atoms with van der Waals surface area (Å²) >= 11 is 0. The Labute approximate surface area is 163 Å². The highest BCUT2D eigenvalue weighted by atomic mass is 16.5. The Morgan fingerprint density at radius 2 is 1.79 bits per heavy atom. The van der Waals surface area contributed by atoms with Crippen LogP contribution >= 0.6 is 0 Å². The average Bonchev–Trinajstić information content (AvgIpc) is 3.07. The number of aromatic nitrogens is 2. The van der Waals surface area contributed by atoms with Gasteiger partial charge in [-0.15, -0.1) is 0 Å². The molecule has 0 aliphatic heterocycles. The van der Waals surface area contributed by atoms with Crippen molar-refractivity contribution < 1.29 is 14.3 Å². The van der Waals surface area contributed by atoms with E-state index in [-0.39, 0.29) is 6.04 Å². The van der Waals surface area contributed by atoms with E-state index < -0.39 is 11.8 Å². The molecule has 3 aromatic rings. The maximum absolute atomic E-state index is 12.2. The van der Waals surface area contributed by atoms with Gasteiger partial charge in [-0.25, -0.2) is 0 Å². The first-order valence-corrected chi connectivity index (χ1v) is 8.95. The van der Waals surface area contributed by atoms with Crippen LogP contribution < -0.4 is 15.4 Å². The Morgan fingerprint density at radius 1 is 1.04 bits per heavy atom. The third-order valence-electron chi connectivity index (χ3n) is 3.93. The molecule has 0 radical (unpaired) electrons. The van der Waals surface area contributed by atoms with Gasteiger partial charge >= 0.3 is 11.8 Å². The molecule has 0 saturated carbocycles. The molecule has 0 fully saturated rings. The maximum Gasteiger partial charge on any atom is 0.313 e. The third kappa shape index (κ3) is 5.44. The van der Waals surface area contributed by atoms with Crippen LogP contribution in [0.4, 0.5) is 5.69 Å². The van der Waals surface area contributed by atoms with Crippen molar-refractivity contribution >= 4 is 17.5 Å². The number of nitrogens with zero attached hydrogens (tertiary/aromatic N) is 1. The minimum absolute atomic E-state index is 0.228. The molecular formula is C21H22N4O3. The molecule has 0 unspecified atom stereocenters. The minimum Gasteiger partial charge on any atom is -0.457 e. The summed E-state index contributed by atoms with van der Waals surface area (Å²) in [4.78, 5) is 24.3. The quantitative estimate of drug-likeness (QED) is 0.574. The molecular weight excluding hydrogens is 356 g/mol. The number of hydrogen-bond donors (Lipinski definition) is 3. The van der Waals surface area contributed by atoms with Gasteiger partial charge in [-0.2, -0.15) is 5.10 Å². The van der Waals surface area contributed by atoms with Gasteiger partial charge in [-0.05, 0) is 44.2 Å². The smallest absolute Gasteiger partial charge is 0.313 e. The number of benzene rings is 2. The second-order valence-electron chi connectivity index (χ2n) is 6.52. The lowest BCUT2D eigenvalue weighted by atomic mass is 10.2. The maximum atomic E-state index is 12.2. The van der Waals surface area contributed by atoms with Crippen LogP contribution in [0, 0.1) is 6.92 Å². The highest BCUT2D eigenvalue weighted by molar-refractivity contribution is 6.39. The second-order valence-corrected chi connectivity index (χ2v) is 6.52.